The highest BCUT2D eigenvalue weighted by molar-refractivity contribution is 5.67. The third-order valence-electron chi connectivity index (χ3n) is 2.51. The second-order valence-corrected chi connectivity index (χ2v) is 3.99. The van der Waals surface area contributed by atoms with Gasteiger partial charge in [-0.25, -0.2) is 0 Å². The van der Waals surface area contributed by atoms with Crippen LogP contribution in [0.5, 0.6) is 5.88 Å². The zero-order valence-electron chi connectivity index (χ0n) is 9.84. The van der Waals surface area contributed by atoms with E-state index in [2.05, 4.69) is 31.1 Å². The highest BCUT2D eigenvalue weighted by Gasteiger charge is 2.12. The Morgan fingerprint density at radius 1 is 1.19 bits per heavy atom. The van der Waals surface area contributed by atoms with Crippen LogP contribution < -0.4 is 4.74 Å². The van der Waals surface area contributed by atoms with Gasteiger partial charge in [-0.3, -0.25) is 4.68 Å². The molecule has 2 aromatic rings. The molecule has 0 radical (unpaired) electrons. The van der Waals surface area contributed by atoms with Crippen LogP contribution >= 0.6 is 0 Å². The molecule has 2 rings (SSSR count). The molecule has 3 nitrogen and oxygen atoms in total. The minimum Gasteiger partial charge on any atom is -0.479 e. The first kappa shape index (κ1) is 10.7. The second-order valence-electron chi connectivity index (χ2n) is 3.99. The quantitative estimate of drug-likeness (QED) is 0.788. The Hall–Kier alpha value is -1.77. The van der Waals surface area contributed by atoms with E-state index in [0.717, 1.165) is 11.1 Å². The Labute approximate surface area is 95.7 Å². The lowest BCUT2D eigenvalue weighted by Gasteiger charge is -2.02. The van der Waals surface area contributed by atoms with Gasteiger partial charge >= 0.3 is 0 Å². The van der Waals surface area contributed by atoms with Crippen LogP contribution in [0.4, 0.5) is 0 Å². The molecule has 0 N–H and O–H groups in total. The van der Waals surface area contributed by atoms with Crippen molar-refractivity contribution >= 4 is 0 Å². The molecule has 0 fully saturated rings. The Bertz CT molecular complexity index is 460. The van der Waals surface area contributed by atoms with Crippen LogP contribution in [0.25, 0.3) is 11.1 Å². The molecular formula is C13H16N2O. The molecule has 1 aromatic heterocycles. The number of hydrogen-bond donors (Lipinski definition) is 0. The van der Waals surface area contributed by atoms with E-state index in [1.165, 1.54) is 0 Å². The third kappa shape index (κ3) is 1.94. The first-order valence-electron chi connectivity index (χ1n) is 5.41. The smallest absolute Gasteiger partial charge is 0.240 e. The molecule has 1 heterocycles. The molecule has 0 aliphatic carbocycles. The summed E-state index contributed by atoms with van der Waals surface area (Å²) in [5.41, 5.74) is 2.17. The zero-order chi connectivity index (χ0) is 11.5. The molecule has 84 valence electrons. The van der Waals surface area contributed by atoms with Crippen LogP contribution in [0.2, 0.25) is 0 Å². The number of rotatable bonds is 3. The first-order chi connectivity index (χ1) is 7.72. The Balaban J connectivity index is 2.48. The maximum atomic E-state index is 5.30. The molecule has 0 unspecified atom stereocenters. The second kappa shape index (κ2) is 4.39. The largest absolute Gasteiger partial charge is 0.479 e. The van der Waals surface area contributed by atoms with Crippen molar-refractivity contribution in [1.82, 2.24) is 9.78 Å². The maximum Gasteiger partial charge on any atom is 0.240 e. The molecule has 1 aromatic carbocycles. The summed E-state index contributed by atoms with van der Waals surface area (Å²) in [5.74, 6) is 0.680. The maximum absolute atomic E-state index is 5.30. The number of nitrogens with zero attached hydrogens (tertiary/aromatic N) is 2. The normalized spacial score (nSPS) is 10.8. The summed E-state index contributed by atoms with van der Waals surface area (Å²) in [6.07, 6.45) is 2.03. The Morgan fingerprint density at radius 2 is 1.88 bits per heavy atom. The summed E-state index contributed by atoms with van der Waals surface area (Å²) in [5, 5.41) is 4.40. The number of benzene rings is 1. The van der Waals surface area contributed by atoms with Crippen LogP contribution in [0.15, 0.2) is 36.5 Å². The molecule has 0 saturated heterocycles. The van der Waals surface area contributed by atoms with Gasteiger partial charge in [-0.05, 0) is 19.4 Å². The molecule has 0 atom stereocenters. The van der Waals surface area contributed by atoms with Gasteiger partial charge in [-0.1, -0.05) is 30.3 Å². The van der Waals surface area contributed by atoms with E-state index >= 15 is 0 Å². The average Bonchev–Trinajstić information content (AvgIpc) is 2.74. The van der Waals surface area contributed by atoms with Gasteiger partial charge < -0.3 is 4.74 Å². The summed E-state index contributed by atoms with van der Waals surface area (Å²) < 4.78 is 7.22. The van der Waals surface area contributed by atoms with Gasteiger partial charge in [0.1, 0.15) is 0 Å². The lowest BCUT2D eigenvalue weighted by atomic mass is 10.1. The highest BCUT2D eigenvalue weighted by atomic mass is 16.5. The van der Waals surface area contributed by atoms with E-state index in [4.69, 9.17) is 4.74 Å². The molecule has 16 heavy (non-hydrogen) atoms. The number of ether oxygens (including phenoxy) is 1. The van der Waals surface area contributed by atoms with Crippen molar-refractivity contribution in [3.63, 3.8) is 0 Å². The zero-order valence-corrected chi connectivity index (χ0v) is 9.84. The van der Waals surface area contributed by atoms with Crippen molar-refractivity contribution in [2.24, 2.45) is 0 Å². The Morgan fingerprint density at radius 3 is 2.44 bits per heavy atom. The number of hydrogen-bond acceptors (Lipinski definition) is 2. The van der Waals surface area contributed by atoms with Gasteiger partial charge in [0.05, 0.1) is 12.7 Å². The number of aromatic nitrogens is 2. The molecule has 0 aliphatic rings. The fourth-order valence-electron chi connectivity index (χ4n) is 1.61. The van der Waals surface area contributed by atoms with Gasteiger partial charge in [-0.15, -0.1) is 5.10 Å². The van der Waals surface area contributed by atoms with Crippen molar-refractivity contribution in [1.29, 1.82) is 0 Å². The molecule has 0 aliphatic heterocycles. The minimum absolute atomic E-state index is 0.339. The van der Waals surface area contributed by atoms with E-state index in [1.807, 2.05) is 29.1 Å². The predicted molar refractivity (Wildman–Crippen MR) is 64.6 cm³/mol. The minimum atomic E-state index is 0.339. The fraction of sp³-hybridized carbons (Fsp3) is 0.308. The average molecular weight is 216 g/mol. The van der Waals surface area contributed by atoms with Crippen LogP contribution in [0.3, 0.4) is 0 Å². The van der Waals surface area contributed by atoms with E-state index in [9.17, 15) is 0 Å². The first-order valence-corrected chi connectivity index (χ1v) is 5.41. The molecule has 0 spiro atoms. The summed E-state index contributed by atoms with van der Waals surface area (Å²) in [7, 11) is 1.65. The van der Waals surface area contributed by atoms with Crippen LogP contribution in [0, 0.1) is 0 Å². The summed E-state index contributed by atoms with van der Waals surface area (Å²) in [6, 6.07) is 10.5. The van der Waals surface area contributed by atoms with Gasteiger partial charge in [0.2, 0.25) is 5.88 Å². The van der Waals surface area contributed by atoms with E-state index < -0.39 is 0 Å². The monoisotopic (exact) mass is 216 g/mol. The van der Waals surface area contributed by atoms with E-state index in [1.54, 1.807) is 7.11 Å². The van der Waals surface area contributed by atoms with Crippen molar-refractivity contribution < 1.29 is 4.74 Å². The van der Waals surface area contributed by atoms with Gasteiger partial charge in [0.15, 0.2) is 0 Å². The van der Waals surface area contributed by atoms with Crippen LogP contribution in [-0.2, 0) is 0 Å². The third-order valence-corrected chi connectivity index (χ3v) is 2.51. The van der Waals surface area contributed by atoms with Gasteiger partial charge in [-0.2, -0.15) is 0 Å². The Kier molecular flexibility index (Phi) is 2.95. The van der Waals surface area contributed by atoms with Crippen LogP contribution in [0.1, 0.15) is 19.9 Å². The lowest BCUT2D eigenvalue weighted by molar-refractivity contribution is 0.384. The number of methoxy groups -OCH3 is 1. The highest BCUT2D eigenvalue weighted by Crippen LogP contribution is 2.29. The summed E-state index contributed by atoms with van der Waals surface area (Å²) in [4.78, 5) is 0. The molecule has 0 saturated carbocycles. The topological polar surface area (TPSA) is 27.1 Å². The van der Waals surface area contributed by atoms with Gasteiger partial charge in [0, 0.05) is 12.2 Å². The van der Waals surface area contributed by atoms with Gasteiger partial charge in [0.25, 0.3) is 0 Å². The predicted octanol–water partition coefficient (Wildman–Crippen LogP) is 3.14. The SMILES string of the molecule is COc1nn(C(C)C)cc1-c1ccccc1. The van der Waals surface area contributed by atoms with Crippen molar-refractivity contribution in [2.45, 2.75) is 19.9 Å². The van der Waals surface area contributed by atoms with Crippen molar-refractivity contribution in [3.05, 3.63) is 36.5 Å². The fourth-order valence-corrected chi connectivity index (χ4v) is 1.61. The van der Waals surface area contributed by atoms with E-state index in [0.29, 0.717) is 11.9 Å². The van der Waals surface area contributed by atoms with E-state index in [-0.39, 0.29) is 0 Å². The standard InChI is InChI=1S/C13H16N2O/c1-10(2)15-9-12(13(14-15)16-3)11-7-5-4-6-8-11/h4-10H,1-3H3. The summed E-state index contributed by atoms with van der Waals surface area (Å²) in [6.45, 7) is 4.20. The van der Waals surface area contributed by atoms with Crippen molar-refractivity contribution in [3.8, 4) is 17.0 Å². The molecular weight excluding hydrogens is 200 g/mol. The summed E-state index contributed by atoms with van der Waals surface area (Å²) >= 11 is 0. The molecule has 0 amide bonds. The van der Waals surface area contributed by atoms with Crippen molar-refractivity contribution in [2.75, 3.05) is 7.11 Å². The van der Waals surface area contributed by atoms with Crippen LogP contribution in [-0.4, -0.2) is 16.9 Å². The molecule has 0 bridgehead atoms. The molecule has 3 heteroatoms. The lowest BCUT2D eigenvalue weighted by Crippen LogP contribution is -2.00.